The van der Waals surface area contributed by atoms with Crippen LogP contribution in [-0.4, -0.2) is 8.76 Å². The van der Waals surface area contributed by atoms with Gasteiger partial charge in [-0.3, -0.25) is 9.35 Å². The van der Waals surface area contributed by atoms with Gasteiger partial charge in [0.2, 0.25) is 0 Å². The molecule has 5 heavy (non-hydrogen) atoms. The molecule has 1 atom stereocenters. The van der Waals surface area contributed by atoms with Gasteiger partial charge in [0.25, 0.3) is 0 Å². The van der Waals surface area contributed by atoms with Crippen molar-refractivity contribution in [3.63, 3.8) is 0 Å². The summed E-state index contributed by atoms with van der Waals surface area (Å²) in [4.78, 5) is 0. The van der Waals surface area contributed by atoms with Crippen LogP contribution in [0.25, 0.3) is 0 Å². The Morgan fingerprint density at radius 1 is 1.80 bits per heavy atom. The summed E-state index contributed by atoms with van der Waals surface area (Å²) >= 11 is -2.36. The van der Waals surface area contributed by atoms with Crippen molar-refractivity contribution in [2.45, 2.75) is 0 Å². The molecule has 0 heterocycles. The maximum atomic E-state index is 8.78. The number of nitrogens with two attached hydrogens (primary N) is 1. The molecular formula is H2NO2RfS-. The maximum Gasteiger partial charge on any atom is 0.0152 e. The fourth-order valence-electron chi connectivity index (χ4n) is 0. The average molecular weight is 347 g/mol. The van der Waals surface area contributed by atoms with Crippen molar-refractivity contribution in [2.24, 2.45) is 5.14 Å². The molecule has 3 nitrogen and oxygen atoms in total. The summed E-state index contributed by atoms with van der Waals surface area (Å²) < 4.78 is 17.6. The first-order valence-electron chi connectivity index (χ1n) is 0.569. The van der Waals surface area contributed by atoms with Crippen LogP contribution in [0.1, 0.15) is 0 Å². The summed E-state index contributed by atoms with van der Waals surface area (Å²) in [5, 5.41) is 4.03. The Labute approximate surface area is 26.2 Å². The van der Waals surface area contributed by atoms with E-state index in [1.54, 1.807) is 0 Å². The van der Waals surface area contributed by atoms with Crippen LogP contribution in [-0.2, 0) is 11.3 Å². The van der Waals surface area contributed by atoms with Crippen molar-refractivity contribution in [2.75, 3.05) is 0 Å². The second kappa shape index (κ2) is 3.07. The summed E-state index contributed by atoms with van der Waals surface area (Å²) in [5.41, 5.74) is 0. The van der Waals surface area contributed by atoms with Crippen LogP contribution in [0.3, 0.4) is 0 Å². The van der Waals surface area contributed by atoms with Gasteiger partial charge in [-0.15, -0.1) is 0 Å². The second-order valence-corrected chi connectivity index (χ2v) is 0.781. The molecule has 0 saturated heterocycles. The van der Waals surface area contributed by atoms with Gasteiger partial charge in [-0.25, -0.2) is 0 Å². The SMILES string of the molecule is NS(=O)[O-].[Rf]. The fraction of sp³-hybridized carbons (Fsp3) is 0. The van der Waals surface area contributed by atoms with E-state index in [1.165, 1.54) is 0 Å². The van der Waals surface area contributed by atoms with Gasteiger partial charge in [-0.05, 0) is 0 Å². The first kappa shape index (κ1) is 8.95. The Bertz CT molecular complexity index is 32.6. The van der Waals surface area contributed by atoms with Gasteiger partial charge in [0.15, 0.2) is 0 Å². The standard InChI is InChI=1S/H3NO2S.Rf/c1-4(2)3;/h1H2,(H,2,3);/p-1. The van der Waals surface area contributed by atoms with Crippen LogP contribution in [0.2, 0.25) is 0 Å². The minimum Gasteiger partial charge on any atom is -0.760 e. The van der Waals surface area contributed by atoms with Crippen molar-refractivity contribution in [1.82, 2.24) is 0 Å². The molecule has 0 aliphatic heterocycles. The summed E-state index contributed by atoms with van der Waals surface area (Å²) in [7, 11) is 0. The molecule has 1 unspecified atom stereocenters. The summed E-state index contributed by atoms with van der Waals surface area (Å²) in [6, 6.07) is 0. The average Bonchev–Trinajstić information content (AvgIpc) is 0.811. The van der Waals surface area contributed by atoms with E-state index >= 15 is 0 Å². The van der Waals surface area contributed by atoms with Crippen LogP contribution < -0.4 is 5.14 Å². The van der Waals surface area contributed by atoms with Gasteiger partial charge in [0.1, 0.15) is 0 Å². The summed E-state index contributed by atoms with van der Waals surface area (Å²) in [5.74, 6) is 0. The summed E-state index contributed by atoms with van der Waals surface area (Å²) in [6.45, 7) is 0. The third-order valence-electron chi connectivity index (χ3n) is 0. The van der Waals surface area contributed by atoms with Crippen LogP contribution in [0.5, 0.6) is 0 Å². The molecule has 0 aromatic rings. The molecule has 0 aromatic heterocycles. The van der Waals surface area contributed by atoms with Crippen molar-refractivity contribution in [3.8, 4) is 0 Å². The molecule has 2 N–H and O–H groups in total. The molecule has 5 heteroatoms. The van der Waals surface area contributed by atoms with Gasteiger partial charge >= 0.3 is 0 Å². The van der Waals surface area contributed by atoms with Crippen molar-refractivity contribution >= 4 is 11.3 Å². The van der Waals surface area contributed by atoms with Gasteiger partial charge in [0, 0.05) is 11.3 Å². The van der Waals surface area contributed by atoms with Crippen LogP contribution >= 0.6 is 0 Å². The molecule has 0 spiro atoms. The van der Waals surface area contributed by atoms with E-state index in [-0.39, 0.29) is 0 Å². The Morgan fingerprint density at radius 3 is 1.80 bits per heavy atom. The Morgan fingerprint density at radius 2 is 1.80 bits per heavy atom. The topological polar surface area (TPSA) is 66.2 Å². The minimum absolute atomic E-state index is 0. The zero-order valence-corrected chi connectivity index (χ0v) is 9.72. The van der Waals surface area contributed by atoms with Gasteiger partial charge in [-0.1, -0.05) is 0 Å². The van der Waals surface area contributed by atoms with Gasteiger partial charge < -0.3 is 4.55 Å². The van der Waals surface area contributed by atoms with Gasteiger partial charge in [0.05, 0.1) is 0 Å². The largest absolute Gasteiger partial charge is 0.760 e. The van der Waals surface area contributed by atoms with E-state index in [9.17, 15) is 0 Å². The third-order valence-corrected chi connectivity index (χ3v) is 0. The molecule has 28 valence electrons. The van der Waals surface area contributed by atoms with Crippen molar-refractivity contribution in [3.05, 3.63) is 0 Å². The van der Waals surface area contributed by atoms with E-state index in [0.717, 1.165) is 0 Å². The first-order valence-corrected chi connectivity index (χ1v) is 1.71. The smallest absolute Gasteiger partial charge is 0.0152 e. The quantitative estimate of drug-likeness (QED) is 0.556. The molecule has 0 fully saturated rings. The summed E-state index contributed by atoms with van der Waals surface area (Å²) in [6.07, 6.45) is 0. The predicted octanol–water partition coefficient (Wildman–Crippen LogP) is -1.26. The molecule has 0 bridgehead atoms. The fourth-order valence-corrected chi connectivity index (χ4v) is 0. The zero-order chi connectivity index (χ0) is 3.58. The molecule has 0 rings (SSSR count). The Balaban J connectivity index is 0. The van der Waals surface area contributed by atoms with E-state index in [2.05, 4.69) is 5.14 Å². The van der Waals surface area contributed by atoms with E-state index in [0.29, 0.717) is 0 Å². The number of hydrogen-bond acceptors (Lipinski definition) is 2. The number of rotatable bonds is 0. The predicted molar refractivity (Wildman–Crippen MR) is 13.1 cm³/mol. The number of hydrogen-bond donors (Lipinski definition) is 1. The third kappa shape index (κ3) is 4.06. The molecule has 0 radical (unpaired) electrons. The van der Waals surface area contributed by atoms with Crippen LogP contribution in [0.15, 0.2) is 0 Å². The van der Waals surface area contributed by atoms with Crippen molar-refractivity contribution < 1.29 is 8.76 Å². The van der Waals surface area contributed by atoms with Crippen molar-refractivity contribution in [1.29, 1.82) is 0 Å². The van der Waals surface area contributed by atoms with Gasteiger partial charge in [-0.2, -0.15) is 0 Å². The monoisotopic (exact) mass is 347 g/mol. The molecule has 0 aliphatic carbocycles. The van der Waals surface area contributed by atoms with Crippen LogP contribution in [0.4, 0.5) is 0 Å². The van der Waals surface area contributed by atoms with E-state index < -0.39 is 11.3 Å². The maximum absolute atomic E-state index is 8.78. The molecule has 0 saturated carbocycles. The van der Waals surface area contributed by atoms with E-state index in [4.69, 9.17) is 8.76 Å². The zero-order valence-electron chi connectivity index (χ0n) is 2.51. The Hall–Kier alpha value is -0.930. The normalized spacial score (nSPS) is 12.4. The Kier molecular flexibility index (Phi) is 5.50. The van der Waals surface area contributed by atoms with Crippen LogP contribution in [0, 0.1) is 0 Å². The molecular weight excluding hydrogens is 345 g/mol. The second-order valence-electron chi connectivity index (χ2n) is 0.260. The molecule has 0 aliphatic rings. The molecule has 0 aromatic carbocycles. The minimum atomic E-state index is -2.36. The molecule has 0 amide bonds. The first-order chi connectivity index (χ1) is 1.73. The van der Waals surface area contributed by atoms with E-state index in [1.807, 2.05) is 0 Å².